The zero-order valence-electron chi connectivity index (χ0n) is 9.99. The second kappa shape index (κ2) is 5.11. The molecular formula is C11H11NO7. The minimum absolute atomic E-state index is 0.157. The molecule has 1 aromatic carbocycles. The van der Waals surface area contributed by atoms with Crippen molar-refractivity contribution in [1.29, 1.82) is 0 Å². The van der Waals surface area contributed by atoms with Crippen LogP contribution in [-0.4, -0.2) is 42.4 Å². The van der Waals surface area contributed by atoms with E-state index in [0.717, 1.165) is 12.1 Å². The van der Waals surface area contributed by atoms with E-state index in [1.165, 1.54) is 7.11 Å². The highest BCUT2D eigenvalue weighted by Crippen LogP contribution is 2.37. The molecule has 0 bridgehead atoms. The van der Waals surface area contributed by atoms with Crippen LogP contribution in [0.4, 0.5) is 5.69 Å². The summed E-state index contributed by atoms with van der Waals surface area (Å²) in [6, 6.07) is 2.15. The van der Waals surface area contributed by atoms with E-state index in [-0.39, 0.29) is 30.8 Å². The molecule has 1 unspecified atom stereocenters. The van der Waals surface area contributed by atoms with Crippen LogP contribution in [0.5, 0.6) is 11.5 Å². The monoisotopic (exact) mass is 269 g/mol. The molecule has 19 heavy (non-hydrogen) atoms. The van der Waals surface area contributed by atoms with E-state index in [1.54, 1.807) is 0 Å². The third-order valence-electron chi connectivity index (χ3n) is 2.56. The Balaban J connectivity index is 2.40. The molecule has 0 saturated carbocycles. The topological polar surface area (TPSA) is 108 Å². The van der Waals surface area contributed by atoms with E-state index < -0.39 is 22.1 Å². The molecule has 1 aromatic rings. The highest BCUT2D eigenvalue weighted by atomic mass is 16.6. The number of hydrogen-bond donors (Lipinski definition) is 1. The van der Waals surface area contributed by atoms with Crippen molar-refractivity contribution >= 4 is 11.7 Å². The van der Waals surface area contributed by atoms with Crippen LogP contribution in [0.25, 0.3) is 0 Å². The van der Waals surface area contributed by atoms with Crippen molar-refractivity contribution in [3.8, 4) is 11.5 Å². The minimum atomic E-state index is -1.40. The SMILES string of the molecule is COCC1COc2cc([N+](=O)[O-])c(C(=O)O)cc2O1. The van der Waals surface area contributed by atoms with Gasteiger partial charge in [0.05, 0.1) is 17.6 Å². The van der Waals surface area contributed by atoms with Crippen molar-refractivity contribution in [2.24, 2.45) is 0 Å². The van der Waals surface area contributed by atoms with Crippen LogP contribution in [-0.2, 0) is 4.74 Å². The van der Waals surface area contributed by atoms with Crippen molar-refractivity contribution in [2.75, 3.05) is 20.3 Å². The molecule has 0 radical (unpaired) electrons. The van der Waals surface area contributed by atoms with Gasteiger partial charge in [-0.05, 0) is 0 Å². The maximum atomic E-state index is 11.0. The van der Waals surface area contributed by atoms with E-state index >= 15 is 0 Å². The van der Waals surface area contributed by atoms with E-state index in [1.807, 2.05) is 0 Å². The second-order valence-corrected chi connectivity index (χ2v) is 3.88. The number of aromatic carboxylic acids is 1. The van der Waals surface area contributed by atoms with Gasteiger partial charge in [0.2, 0.25) is 0 Å². The number of nitro groups is 1. The molecule has 1 heterocycles. The number of fused-ring (bicyclic) bond motifs is 1. The maximum absolute atomic E-state index is 11.0. The molecular weight excluding hydrogens is 258 g/mol. The Kier molecular flexibility index (Phi) is 3.52. The summed E-state index contributed by atoms with van der Waals surface area (Å²) in [6.45, 7) is 0.462. The molecule has 0 saturated heterocycles. The van der Waals surface area contributed by atoms with Crippen molar-refractivity contribution in [3.63, 3.8) is 0 Å². The predicted octanol–water partition coefficient (Wildman–Crippen LogP) is 1.08. The third-order valence-corrected chi connectivity index (χ3v) is 2.56. The Bertz CT molecular complexity index is 528. The van der Waals surface area contributed by atoms with E-state index in [4.69, 9.17) is 19.3 Å². The lowest BCUT2D eigenvalue weighted by atomic mass is 10.1. The van der Waals surface area contributed by atoms with E-state index in [0.29, 0.717) is 0 Å². The molecule has 1 aliphatic rings. The van der Waals surface area contributed by atoms with Gasteiger partial charge in [-0.1, -0.05) is 0 Å². The van der Waals surface area contributed by atoms with Crippen LogP contribution in [0.15, 0.2) is 12.1 Å². The highest BCUT2D eigenvalue weighted by molar-refractivity contribution is 5.93. The van der Waals surface area contributed by atoms with Gasteiger partial charge in [0.15, 0.2) is 17.6 Å². The summed E-state index contributed by atoms with van der Waals surface area (Å²) in [5.41, 5.74) is -0.967. The molecule has 102 valence electrons. The Morgan fingerprint density at radius 3 is 2.89 bits per heavy atom. The molecule has 0 spiro atoms. The van der Waals surface area contributed by atoms with Crippen LogP contribution >= 0.6 is 0 Å². The number of carboxylic acids is 1. The molecule has 0 aromatic heterocycles. The fourth-order valence-electron chi connectivity index (χ4n) is 1.74. The lowest BCUT2D eigenvalue weighted by Crippen LogP contribution is -2.33. The molecule has 8 nitrogen and oxygen atoms in total. The molecule has 0 fully saturated rings. The standard InChI is InChI=1S/C11H11NO7/c1-17-4-6-5-18-9-3-8(12(15)16)7(11(13)14)2-10(9)19-6/h2-3,6H,4-5H2,1H3,(H,13,14). The van der Waals surface area contributed by atoms with Gasteiger partial charge < -0.3 is 19.3 Å². The number of hydrogen-bond acceptors (Lipinski definition) is 6. The summed E-state index contributed by atoms with van der Waals surface area (Å²) < 4.78 is 15.7. The fraction of sp³-hybridized carbons (Fsp3) is 0.364. The Hall–Kier alpha value is -2.35. The summed E-state index contributed by atoms with van der Waals surface area (Å²) >= 11 is 0. The van der Waals surface area contributed by atoms with Gasteiger partial charge in [-0.3, -0.25) is 10.1 Å². The number of benzene rings is 1. The zero-order valence-corrected chi connectivity index (χ0v) is 9.99. The number of nitro benzene ring substituents is 1. The highest BCUT2D eigenvalue weighted by Gasteiger charge is 2.28. The first-order chi connectivity index (χ1) is 9.02. The van der Waals surface area contributed by atoms with Crippen LogP contribution in [0.3, 0.4) is 0 Å². The average molecular weight is 269 g/mol. The van der Waals surface area contributed by atoms with E-state index in [9.17, 15) is 14.9 Å². The predicted molar refractivity (Wildman–Crippen MR) is 61.8 cm³/mol. The fourth-order valence-corrected chi connectivity index (χ4v) is 1.74. The average Bonchev–Trinajstić information content (AvgIpc) is 2.37. The summed E-state index contributed by atoms with van der Waals surface area (Å²) in [5.74, 6) is -1.08. The number of methoxy groups -OCH3 is 1. The van der Waals surface area contributed by atoms with Gasteiger partial charge in [-0.2, -0.15) is 0 Å². The quantitative estimate of drug-likeness (QED) is 0.643. The minimum Gasteiger partial charge on any atom is -0.485 e. The Morgan fingerprint density at radius 1 is 1.58 bits per heavy atom. The summed E-state index contributed by atoms with van der Waals surface area (Å²) in [6.07, 6.45) is -0.374. The second-order valence-electron chi connectivity index (χ2n) is 3.88. The van der Waals surface area contributed by atoms with Crippen molar-refractivity contribution in [2.45, 2.75) is 6.10 Å². The summed E-state index contributed by atoms with van der Waals surface area (Å²) in [7, 11) is 1.50. The number of carbonyl (C=O) groups is 1. The summed E-state index contributed by atoms with van der Waals surface area (Å²) in [4.78, 5) is 21.0. The van der Waals surface area contributed by atoms with E-state index in [2.05, 4.69) is 0 Å². The third kappa shape index (κ3) is 2.58. The first kappa shape index (κ1) is 13.1. The molecule has 0 aliphatic carbocycles. The molecule has 1 N–H and O–H groups in total. The first-order valence-corrected chi connectivity index (χ1v) is 5.37. The van der Waals surface area contributed by atoms with Crippen molar-refractivity contribution in [1.82, 2.24) is 0 Å². The molecule has 2 rings (SSSR count). The number of carboxylic acid groups (broad SMARTS) is 1. The lowest BCUT2D eigenvalue weighted by molar-refractivity contribution is -0.385. The smallest absolute Gasteiger partial charge is 0.342 e. The maximum Gasteiger partial charge on any atom is 0.342 e. The van der Waals surface area contributed by atoms with Gasteiger partial charge >= 0.3 is 5.97 Å². The molecule has 8 heteroatoms. The molecule has 0 amide bonds. The van der Waals surface area contributed by atoms with Gasteiger partial charge in [0, 0.05) is 13.2 Å². The normalized spacial score (nSPS) is 17.0. The number of rotatable bonds is 4. The van der Waals surface area contributed by atoms with Gasteiger partial charge in [-0.15, -0.1) is 0 Å². The molecule has 1 atom stereocenters. The van der Waals surface area contributed by atoms with Crippen LogP contribution in [0.2, 0.25) is 0 Å². The number of nitrogens with zero attached hydrogens (tertiary/aromatic N) is 1. The van der Waals surface area contributed by atoms with Crippen molar-refractivity contribution < 1.29 is 29.0 Å². The van der Waals surface area contributed by atoms with Crippen LogP contribution in [0.1, 0.15) is 10.4 Å². The van der Waals surface area contributed by atoms with Crippen molar-refractivity contribution in [3.05, 3.63) is 27.8 Å². The summed E-state index contributed by atoms with van der Waals surface area (Å²) in [5, 5.41) is 19.8. The lowest BCUT2D eigenvalue weighted by Gasteiger charge is -2.26. The first-order valence-electron chi connectivity index (χ1n) is 5.37. The van der Waals surface area contributed by atoms with Crippen LogP contribution < -0.4 is 9.47 Å². The van der Waals surface area contributed by atoms with Gasteiger partial charge in [-0.25, -0.2) is 4.79 Å². The Labute approximate surface area is 107 Å². The largest absolute Gasteiger partial charge is 0.485 e. The zero-order chi connectivity index (χ0) is 14.0. The Morgan fingerprint density at radius 2 is 2.32 bits per heavy atom. The molecule has 1 aliphatic heterocycles. The number of ether oxygens (including phenoxy) is 3. The van der Waals surface area contributed by atoms with Gasteiger partial charge in [0.1, 0.15) is 12.2 Å². The van der Waals surface area contributed by atoms with Crippen LogP contribution in [0, 0.1) is 10.1 Å². The van der Waals surface area contributed by atoms with Gasteiger partial charge in [0.25, 0.3) is 5.69 Å².